The van der Waals surface area contributed by atoms with Gasteiger partial charge in [-0.3, -0.25) is 4.79 Å². The number of benzene rings is 1. The lowest BCUT2D eigenvalue weighted by Gasteiger charge is -2.35. The van der Waals surface area contributed by atoms with Crippen LogP contribution < -0.4 is 11.1 Å². The van der Waals surface area contributed by atoms with Gasteiger partial charge in [-0.2, -0.15) is 0 Å². The molecule has 3 nitrogen and oxygen atoms in total. The van der Waals surface area contributed by atoms with Gasteiger partial charge in [0.1, 0.15) is 0 Å². The Morgan fingerprint density at radius 1 is 1.00 bits per heavy atom. The van der Waals surface area contributed by atoms with Gasteiger partial charge in [0, 0.05) is 6.04 Å². The standard InChI is InChI=1S/C19H28N2O/c20-19(13-5-2-6-14-19)18(22)21-17-11-9-16(10-12-17)15-7-3-1-4-8-15/h1,3-4,7-8,16-17H,2,5-6,9-14,20H2,(H,21,22). The maximum absolute atomic E-state index is 12.5. The number of hydrogen-bond donors (Lipinski definition) is 2. The molecule has 0 bridgehead atoms. The van der Waals surface area contributed by atoms with E-state index in [2.05, 4.69) is 35.6 Å². The zero-order valence-corrected chi connectivity index (χ0v) is 13.4. The van der Waals surface area contributed by atoms with Crippen LogP contribution >= 0.6 is 0 Å². The Balaban J connectivity index is 1.50. The summed E-state index contributed by atoms with van der Waals surface area (Å²) < 4.78 is 0. The second-order valence-electron chi connectivity index (χ2n) is 7.15. The van der Waals surface area contributed by atoms with E-state index in [-0.39, 0.29) is 5.91 Å². The molecule has 0 aliphatic heterocycles. The second-order valence-corrected chi connectivity index (χ2v) is 7.15. The average Bonchev–Trinajstić information content (AvgIpc) is 2.57. The third-order valence-electron chi connectivity index (χ3n) is 5.53. The normalized spacial score (nSPS) is 28.0. The maximum Gasteiger partial charge on any atom is 0.240 e. The van der Waals surface area contributed by atoms with E-state index in [0.29, 0.717) is 12.0 Å². The van der Waals surface area contributed by atoms with Crippen LogP contribution in [0.25, 0.3) is 0 Å². The van der Waals surface area contributed by atoms with Crippen LogP contribution in [0.15, 0.2) is 30.3 Å². The van der Waals surface area contributed by atoms with Crippen LogP contribution in [0.4, 0.5) is 0 Å². The Hall–Kier alpha value is -1.35. The summed E-state index contributed by atoms with van der Waals surface area (Å²) in [5, 5.41) is 3.24. The molecular weight excluding hydrogens is 272 g/mol. The molecule has 120 valence electrons. The van der Waals surface area contributed by atoms with Gasteiger partial charge in [0.2, 0.25) is 5.91 Å². The van der Waals surface area contributed by atoms with Crippen LogP contribution in [-0.2, 0) is 4.79 Å². The molecule has 22 heavy (non-hydrogen) atoms. The maximum atomic E-state index is 12.5. The van der Waals surface area contributed by atoms with Crippen molar-refractivity contribution < 1.29 is 4.79 Å². The van der Waals surface area contributed by atoms with Crippen molar-refractivity contribution >= 4 is 5.91 Å². The summed E-state index contributed by atoms with van der Waals surface area (Å²) in [6.07, 6.45) is 9.54. The molecule has 0 heterocycles. The summed E-state index contributed by atoms with van der Waals surface area (Å²) in [7, 11) is 0. The lowest BCUT2D eigenvalue weighted by Crippen LogP contribution is -2.57. The zero-order valence-electron chi connectivity index (χ0n) is 13.4. The number of nitrogens with one attached hydrogen (secondary N) is 1. The van der Waals surface area contributed by atoms with Crippen LogP contribution in [0.1, 0.15) is 69.3 Å². The Morgan fingerprint density at radius 2 is 1.64 bits per heavy atom. The molecule has 0 atom stereocenters. The monoisotopic (exact) mass is 300 g/mol. The lowest BCUT2D eigenvalue weighted by molar-refractivity contribution is -0.128. The fraction of sp³-hybridized carbons (Fsp3) is 0.632. The van der Waals surface area contributed by atoms with Crippen molar-refractivity contribution in [2.45, 2.75) is 75.3 Å². The predicted molar refractivity (Wildman–Crippen MR) is 89.6 cm³/mol. The summed E-state index contributed by atoms with van der Waals surface area (Å²) in [6.45, 7) is 0. The number of carbonyl (C=O) groups excluding carboxylic acids is 1. The average molecular weight is 300 g/mol. The first kappa shape index (κ1) is 15.5. The van der Waals surface area contributed by atoms with Crippen molar-refractivity contribution in [3.63, 3.8) is 0 Å². The molecule has 3 rings (SSSR count). The highest BCUT2D eigenvalue weighted by molar-refractivity contribution is 5.86. The van der Waals surface area contributed by atoms with Gasteiger partial charge in [-0.15, -0.1) is 0 Å². The Morgan fingerprint density at radius 3 is 2.27 bits per heavy atom. The molecule has 1 aromatic rings. The smallest absolute Gasteiger partial charge is 0.240 e. The van der Waals surface area contributed by atoms with Crippen molar-refractivity contribution in [3.05, 3.63) is 35.9 Å². The third-order valence-corrected chi connectivity index (χ3v) is 5.53. The molecule has 2 saturated carbocycles. The van der Waals surface area contributed by atoms with Crippen LogP contribution in [0.3, 0.4) is 0 Å². The fourth-order valence-electron chi connectivity index (χ4n) is 4.04. The molecule has 3 heteroatoms. The number of nitrogens with two attached hydrogens (primary N) is 1. The molecule has 1 amide bonds. The molecule has 1 aromatic carbocycles. The molecule has 2 aliphatic carbocycles. The first-order chi connectivity index (χ1) is 10.7. The molecule has 0 unspecified atom stereocenters. The summed E-state index contributed by atoms with van der Waals surface area (Å²) in [5.41, 5.74) is 7.16. The van der Waals surface area contributed by atoms with E-state index in [1.54, 1.807) is 0 Å². The van der Waals surface area contributed by atoms with Gasteiger partial charge in [-0.25, -0.2) is 0 Å². The van der Waals surface area contributed by atoms with Crippen molar-refractivity contribution in [2.24, 2.45) is 5.73 Å². The third kappa shape index (κ3) is 3.52. The quantitative estimate of drug-likeness (QED) is 0.897. The highest BCUT2D eigenvalue weighted by atomic mass is 16.2. The van der Waals surface area contributed by atoms with Gasteiger partial charge < -0.3 is 11.1 Å². The van der Waals surface area contributed by atoms with E-state index in [9.17, 15) is 4.79 Å². The topological polar surface area (TPSA) is 55.1 Å². The molecule has 0 aromatic heterocycles. The van der Waals surface area contributed by atoms with Crippen LogP contribution in [0.5, 0.6) is 0 Å². The molecule has 0 radical (unpaired) electrons. The van der Waals surface area contributed by atoms with E-state index >= 15 is 0 Å². The van der Waals surface area contributed by atoms with Gasteiger partial charge >= 0.3 is 0 Å². The van der Waals surface area contributed by atoms with Gasteiger partial charge in [-0.05, 0) is 50.0 Å². The van der Waals surface area contributed by atoms with Crippen molar-refractivity contribution in [2.75, 3.05) is 0 Å². The summed E-state index contributed by atoms with van der Waals surface area (Å²) >= 11 is 0. The molecule has 0 spiro atoms. The molecule has 3 N–H and O–H groups in total. The number of amides is 1. The highest BCUT2D eigenvalue weighted by Gasteiger charge is 2.36. The van der Waals surface area contributed by atoms with E-state index < -0.39 is 5.54 Å². The molecular formula is C19H28N2O. The van der Waals surface area contributed by atoms with E-state index in [4.69, 9.17) is 5.73 Å². The first-order valence-corrected chi connectivity index (χ1v) is 8.82. The first-order valence-electron chi connectivity index (χ1n) is 8.82. The Kier molecular flexibility index (Phi) is 4.82. The minimum Gasteiger partial charge on any atom is -0.352 e. The molecule has 2 aliphatic rings. The van der Waals surface area contributed by atoms with Gasteiger partial charge in [-0.1, -0.05) is 49.6 Å². The Bertz CT molecular complexity index is 485. The van der Waals surface area contributed by atoms with Gasteiger partial charge in [0.25, 0.3) is 0 Å². The van der Waals surface area contributed by atoms with Crippen LogP contribution in [0.2, 0.25) is 0 Å². The number of carbonyl (C=O) groups is 1. The molecule has 2 fully saturated rings. The minimum absolute atomic E-state index is 0.0929. The van der Waals surface area contributed by atoms with Gasteiger partial charge in [0.05, 0.1) is 5.54 Å². The van der Waals surface area contributed by atoms with E-state index in [0.717, 1.165) is 51.4 Å². The van der Waals surface area contributed by atoms with E-state index in [1.165, 1.54) is 12.0 Å². The van der Waals surface area contributed by atoms with Crippen molar-refractivity contribution in [1.82, 2.24) is 5.32 Å². The summed E-state index contributed by atoms with van der Waals surface area (Å²) in [6, 6.07) is 11.1. The van der Waals surface area contributed by atoms with Crippen LogP contribution in [0, 0.1) is 0 Å². The van der Waals surface area contributed by atoms with Crippen molar-refractivity contribution in [3.8, 4) is 0 Å². The fourth-order valence-corrected chi connectivity index (χ4v) is 4.04. The Labute approximate surface area is 133 Å². The second kappa shape index (κ2) is 6.82. The number of hydrogen-bond acceptors (Lipinski definition) is 2. The van der Waals surface area contributed by atoms with Crippen LogP contribution in [-0.4, -0.2) is 17.5 Å². The number of rotatable bonds is 3. The summed E-state index contributed by atoms with van der Waals surface area (Å²) in [5.74, 6) is 0.742. The SMILES string of the molecule is NC1(C(=O)NC2CCC(c3ccccc3)CC2)CCCCC1. The predicted octanol–water partition coefficient (Wildman–Crippen LogP) is 3.49. The highest BCUT2D eigenvalue weighted by Crippen LogP contribution is 2.33. The molecule has 0 saturated heterocycles. The van der Waals surface area contributed by atoms with Crippen molar-refractivity contribution in [1.29, 1.82) is 0 Å². The van der Waals surface area contributed by atoms with Gasteiger partial charge in [0.15, 0.2) is 0 Å². The minimum atomic E-state index is -0.603. The van der Waals surface area contributed by atoms with E-state index in [1.807, 2.05) is 0 Å². The largest absolute Gasteiger partial charge is 0.352 e. The summed E-state index contributed by atoms with van der Waals surface area (Å²) in [4.78, 5) is 12.5. The zero-order chi connectivity index (χ0) is 15.4. The lowest BCUT2D eigenvalue weighted by atomic mass is 9.79.